The van der Waals surface area contributed by atoms with Crippen LogP contribution in [0.4, 0.5) is 8.78 Å². The van der Waals surface area contributed by atoms with Gasteiger partial charge >= 0.3 is 0 Å². The average Bonchev–Trinajstić information content (AvgIpc) is 1.90. The summed E-state index contributed by atoms with van der Waals surface area (Å²) in [6.07, 6.45) is 0.139. The van der Waals surface area contributed by atoms with Crippen LogP contribution in [0.1, 0.15) is 54.4 Å². The molecule has 0 amide bonds. The molecular formula is C10H22F2. The van der Waals surface area contributed by atoms with E-state index in [2.05, 4.69) is 0 Å². The van der Waals surface area contributed by atoms with Crippen LogP contribution in [0.5, 0.6) is 0 Å². The van der Waals surface area contributed by atoms with Gasteiger partial charge in [0.2, 0.25) is 5.92 Å². The molecule has 1 aliphatic rings. The van der Waals surface area contributed by atoms with Gasteiger partial charge in [0, 0.05) is 12.8 Å². The lowest BCUT2D eigenvalue weighted by Crippen LogP contribution is -2.41. The second-order valence-electron chi connectivity index (χ2n) is 3.37. The van der Waals surface area contributed by atoms with Gasteiger partial charge in [-0.15, -0.1) is 0 Å². The van der Waals surface area contributed by atoms with Crippen LogP contribution in [0.25, 0.3) is 0 Å². The van der Waals surface area contributed by atoms with Crippen LogP contribution in [0.15, 0.2) is 0 Å². The molecule has 1 rings (SSSR count). The molecule has 0 bridgehead atoms. The Morgan fingerprint density at radius 2 is 1.08 bits per heavy atom. The van der Waals surface area contributed by atoms with Gasteiger partial charge in [0.15, 0.2) is 0 Å². The van der Waals surface area contributed by atoms with Gasteiger partial charge in [-0.3, -0.25) is 0 Å². The summed E-state index contributed by atoms with van der Waals surface area (Å²) in [4.78, 5) is 0. The maximum absolute atomic E-state index is 12.0. The predicted octanol–water partition coefficient (Wildman–Crippen LogP) is 4.49. The van der Waals surface area contributed by atoms with E-state index in [-0.39, 0.29) is 18.3 Å². The minimum Gasteiger partial charge on any atom is -0.207 e. The maximum atomic E-state index is 12.0. The van der Waals surface area contributed by atoms with E-state index in [1.54, 1.807) is 0 Å². The number of halogens is 2. The van der Waals surface area contributed by atoms with Gasteiger partial charge in [-0.25, -0.2) is 8.78 Å². The van der Waals surface area contributed by atoms with Crippen molar-refractivity contribution in [1.82, 2.24) is 0 Å². The van der Waals surface area contributed by atoms with Crippen LogP contribution in [-0.2, 0) is 0 Å². The van der Waals surface area contributed by atoms with Crippen molar-refractivity contribution in [2.24, 2.45) is 5.41 Å². The molecule has 0 aromatic rings. The Bertz CT molecular complexity index is 84.4. The number of hydrogen-bond acceptors (Lipinski definition) is 0. The summed E-state index contributed by atoms with van der Waals surface area (Å²) in [6, 6.07) is 0. The number of rotatable bonds is 0. The third-order valence-electron chi connectivity index (χ3n) is 1.47. The molecule has 0 aromatic heterocycles. The molecule has 0 spiro atoms. The predicted molar refractivity (Wildman–Crippen MR) is 50.7 cm³/mol. The molecular weight excluding hydrogens is 158 g/mol. The largest absolute Gasteiger partial charge is 0.249 e. The fraction of sp³-hybridized carbons (Fsp3) is 1.00. The quantitative estimate of drug-likeness (QED) is 0.515. The lowest BCUT2D eigenvalue weighted by atomic mass is 9.69. The van der Waals surface area contributed by atoms with Crippen LogP contribution in [0.3, 0.4) is 0 Å². The first-order valence-corrected chi connectivity index (χ1v) is 4.79. The molecule has 1 aliphatic carbocycles. The maximum Gasteiger partial charge on any atom is 0.249 e. The van der Waals surface area contributed by atoms with E-state index in [0.717, 1.165) is 0 Å². The van der Waals surface area contributed by atoms with Gasteiger partial charge in [-0.05, 0) is 5.41 Å². The van der Waals surface area contributed by atoms with Crippen LogP contribution < -0.4 is 0 Å². The highest BCUT2D eigenvalue weighted by Gasteiger charge is 2.50. The summed E-state index contributed by atoms with van der Waals surface area (Å²) in [5.41, 5.74) is -0.0938. The molecule has 0 saturated heterocycles. The highest BCUT2D eigenvalue weighted by atomic mass is 19.3. The van der Waals surface area contributed by atoms with Crippen LogP contribution in [0, 0.1) is 5.41 Å². The van der Waals surface area contributed by atoms with E-state index in [0.29, 0.717) is 0 Å². The molecule has 0 heterocycles. The van der Waals surface area contributed by atoms with Crippen LogP contribution in [0.2, 0.25) is 0 Å². The fourth-order valence-corrected chi connectivity index (χ4v) is 1.35. The fourth-order valence-electron chi connectivity index (χ4n) is 1.35. The number of hydrogen-bond donors (Lipinski definition) is 0. The standard InChI is InChI=1S/C6H10F2.2C2H6/c1-5(2)3-6(7,8)4-5;2*1-2/h3-4H2,1-2H3;2*1-2H3. The first-order chi connectivity index (χ1) is 5.41. The lowest BCUT2D eigenvalue weighted by Gasteiger charge is -2.41. The van der Waals surface area contributed by atoms with Crippen LogP contribution in [-0.4, -0.2) is 5.92 Å². The van der Waals surface area contributed by atoms with Crippen molar-refractivity contribution >= 4 is 0 Å². The average molecular weight is 180 g/mol. The summed E-state index contributed by atoms with van der Waals surface area (Å²) in [5.74, 6) is -2.34. The summed E-state index contributed by atoms with van der Waals surface area (Å²) in [6.45, 7) is 11.7. The van der Waals surface area contributed by atoms with Gasteiger partial charge in [0.25, 0.3) is 0 Å². The molecule has 0 N–H and O–H groups in total. The van der Waals surface area contributed by atoms with E-state index >= 15 is 0 Å². The molecule has 0 radical (unpaired) electrons. The zero-order valence-corrected chi connectivity index (χ0v) is 9.17. The first kappa shape index (κ1) is 14.4. The molecule has 1 fully saturated rings. The zero-order chi connectivity index (χ0) is 10.4. The second-order valence-corrected chi connectivity index (χ2v) is 3.37. The molecule has 0 unspecified atom stereocenters. The molecule has 2 heteroatoms. The van der Waals surface area contributed by atoms with Crippen molar-refractivity contribution in [2.75, 3.05) is 0 Å². The monoisotopic (exact) mass is 180 g/mol. The van der Waals surface area contributed by atoms with Crippen molar-refractivity contribution in [3.05, 3.63) is 0 Å². The van der Waals surface area contributed by atoms with Crippen molar-refractivity contribution in [2.45, 2.75) is 60.3 Å². The van der Waals surface area contributed by atoms with Gasteiger partial charge in [0.1, 0.15) is 0 Å². The highest BCUT2D eigenvalue weighted by molar-refractivity contribution is 4.92. The molecule has 76 valence electrons. The Balaban J connectivity index is 0. The van der Waals surface area contributed by atoms with Crippen LogP contribution >= 0.6 is 0 Å². The normalized spacial score (nSPS) is 22.0. The van der Waals surface area contributed by atoms with Gasteiger partial charge in [-0.2, -0.15) is 0 Å². The van der Waals surface area contributed by atoms with Crippen molar-refractivity contribution in [3.8, 4) is 0 Å². The summed E-state index contributed by atoms with van der Waals surface area (Å²) in [7, 11) is 0. The summed E-state index contributed by atoms with van der Waals surface area (Å²) < 4.78 is 24.1. The van der Waals surface area contributed by atoms with Gasteiger partial charge < -0.3 is 0 Å². The zero-order valence-electron chi connectivity index (χ0n) is 9.17. The molecule has 0 aliphatic heterocycles. The minimum atomic E-state index is -2.34. The first-order valence-electron chi connectivity index (χ1n) is 4.79. The lowest BCUT2D eigenvalue weighted by molar-refractivity contribution is -0.146. The van der Waals surface area contributed by atoms with Crippen molar-refractivity contribution in [1.29, 1.82) is 0 Å². The Kier molecular flexibility index (Phi) is 6.59. The Morgan fingerprint density at radius 1 is 0.833 bits per heavy atom. The van der Waals surface area contributed by atoms with E-state index in [1.165, 1.54) is 0 Å². The van der Waals surface area contributed by atoms with Gasteiger partial charge in [-0.1, -0.05) is 41.5 Å². The summed E-state index contributed by atoms with van der Waals surface area (Å²) in [5, 5.41) is 0. The molecule has 1 saturated carbocycles. The Hall–Kier alpha value is -0.140. The highest BCUT2D eigenvalue weighted by Crippen LogP contribution is 2.50. The minimum absolute atomic E-state index is 0.0694. The van der Waals surface area contributed by atoms with E-state index in [4.69, 9.17) is 0 Å². The Labute approximate surface area is 75.4 Å². The Morgan fingerprint density at radius 3 is 1.08 bits per heavy atom. The third-order valence-corrected chi connectivity index (χ3v) is 1.47. The molecule has 0 atom stereocenters. The molecule has 0 nitrogen and oxygen atoms in total. The SMILES string of the molecule is CC.CC.CC1(C)CC(F)(F)C1. The smallest absolute Gasteiger partial charge is 0.207 e. The van der Waals surface area contributed by atoms with Crippen molar-refractivity contribution < 1.29 is 8.78 Å². The third kappa shape index (κ3) is 5.50. The van der Waals surface area contributed by atoms with E-state index < -0.39 is 5.92 Å². The molecule has 0 aromatic carbocycles. The van der Waals surface area contributed by atoms with Gasteiger partial charge in [0.05, 0.1) is 0 Å². The molecule has 12 heavy (non-hydrogen) atoms. The van der Waals surface area contributed by atoms with E-state index in [1.807, 2.05) is 41.5 Å². The summed E-state index contributed by atoms with van der Waals surface area (Å²) >= 11 is 0. The van der Waals surface area contributed by atoms with Crippen molar-refractivity contribution in [3.63, 3.8) is 0 Å². The van der Waals surface area contributed by atoms with E-state index in [9.17, 15) is 8.78 Å². The number of alkyl halides is 2. The topological polar surface area (TPSA) is 0 Å². The second kappa shape index (κ2) is 5.50.